The molecule has 3 heterocycles. The minimum absolute atomic E-state index is 0.00931. The number of hydrogen-bond acceptors (Lipinski definition) is 12. The number of halogens is 1. The van der Waals surface area contributed by atoms with E-state index in [2.05, 4.69) is 15.9 Å². The van der Waals surface area contributed by atoms with E-state index in [0.717, 1.165) is 0 Å². The molecule has 218 valence electrons. The molecule has 0 amide bonds. The number of aliphatic hydroxyl groups excluding tert-OH is 1. The van der Waals surface area contributed by atoms with Gasteiger partial charge in [0.25, 0.3) is 5.60 Å². The average Bonchev–Trinajstić information content (AvgIpc) is 3.49. The van der Waals surface area contributed by atoms with Crippen molar-refractivity contribution in [2.45, 2.75) is 49.9 Å². The van der Waals surface area contributed by atoms with Crippen LogP contribution in [0.1, 0.15) is 25.6 Å². The van der Waals surface area contributed by atoms with Crippen LogP contribution in [0.25, 0.3) is 11.2 Å². The Morgan fingerprint density at radius 1 is 1.24 bits per heavy atom. The van der Waals surface area contributed by atoms with E-state index in [1.54, 1.807) is 44.2 Å². The Morgan fingerprint density at radius 2 is 1.90 bits per heavy atom. The third-order valence-corrected chi connectivity index (χ3v) is 6.82. The van der Waals surface area contributed by atoms with Gasteiger partial charge in [-0.1, -0.05) is 47.9 Å². The predicted octanol–water partition coefficient (Wildman–Crippen LogP) is 1.63. The van der Waals surface area contributed by atoms with E-state index in [1.165, 1.54) is 17.0 Å². The van der Waals surface area contributed by atoms with Crippen LogP contribution in [0.5, 0.6) is 0 Å². The largest absolute Gasteiger partial charge is 0.463 e. The van der Waals surface area contributed by atoms with Gasteiger partial charge in [-0.25, -0.2) is 19.6 Å². The summed E-state index contributed by atoms with van der Waals surface area (Å²) < 4.78 is 23.6. The lowest BCUT2D eigenvalue weighted by Gasteiger charge is -2.32. The fraction of sp³-hybridized carbons (Fsp3) is 0.407. The van der Waals surface area contributed by atoms with Crippen molar-refractivity contribution in [3.05, 3.63) is 53.4 Å². The second kappa shape index (κ2) is 12.4. The second-order valence-electron chi connectivity index (χ2n) is 9.10. The Balaban J connectivity index is 1.70. The van der Waals surface area contributed by atoms with Gasteiger partial charge < -0.3 is 29.2 Å². The first-order valence-corrected chi connectivity index (χ1v) is 13.0. The molecule has 4 rings (SSSR count). The van der Waals surface area contributed by atoms with Crippen molar-refractivity contribution in [3.63, 3.8) is 0 Å². The predicted molar refractivity (Wildman–Crippen MR) is 144 cm³/mol. The van der Waals surface area contributed by atoms with Crippen LogP contribution in [-0.2, 0) is 35.0 Å². The Hall–Kier alpha value is -3.77. The van der Waals surface area contributed by atoms with Gasteiger partial charge in [0.15, 0.2) is 17.5 Å². The van der Waals surface area contributed by atoms with E-state index in [-0.39, 0.29) is 41.6 Å². The van der Waals surface area contributed by atoms with Crippen molar-refractivity contribution < 1.29 is 44.0 Å². The molecule has 2 aromatic heterocycles. The molecule has 1 fully saturated rings. The standard InChI is InChI=1S/C27H29ClN4O9/c1-4-26(36)18(41-23(21(26)33)32-15-29-20-17(31-37)12-19(28)30-22(20)32)14-40-27(24(34)38-5-2,25(35)39-6-3)13-16-10-8-7-9-11-16/h1,7-12,15,18,21,23,33,36-37H,5-6,13-14H2,2-3H3,(H,30,31)/t18-,21+,23-,26-/m1/s1. The first-order chi connectivity index (χ1) is 19.6. The van der Waals surface area contributed by atoms with E-state index < -0.39 is 48.2 Å². The first-order valence-electron chi connectivity index (χ1n) is 12.6. The molecule has 41 heavy (non-hydrogen) atoms. The third kappa shape index (κ3) is 5.58. The van der Waals surface area contributed by atoms with Crippen LogP contribution < -0.4 is 5.48 Å². The SMILES string of the molecule is C#C[C@@]1(O)[C@@H](COC(Cc2ccccc2)(C(=O)OCC)C(=O)OCC)O[C@@H](n2cnc3c(NO)cc(Cl)nc32)[C@@H]1O. The van der Waals surface area contributed by atoms with Gasteiger partial charge in [-0.3, -0.25) is 15.3 Å². The molecule has 0 spiro atoms. The van der Waals surface area contributed by atoms with Crippen molar-refractivity contribution in [3.8, 4) is 12.3 Å². The maximum atomic E-state index is 13.3. The number of ether oxygens (including phenoxy) is 4. The van der Waals surface area contributed by atoms with Gasteiger partial charge in [0.2, 0.25) is 0 Å². The number of carbonyl (C=O) groups excluding carboxylic acids is 2. The van der Waals surface area contributed by atoms with E-state index >= 15 is 0 Å². The lowest BCUT2D eigenvalue weighted by Crippen LogP contribution is -2.56. The van der Waals surface area contributed by atoms with Crippen LogP contribution in [0, 0.1) is 12.3 Å². The number of aliphatic hydroxyl groups is 2. The molecule has 0 unspecified atom stereocenters. The van der Waals surface area contributed by atoms with Crippen LogP contribution >= 0.6 is 11.6 Å². The molecular weight excluding hydrogens is 560 g/mol. The van der Waals surface area contributed by atoms with E-state index in [0.29, 0.717) is 5.56 Å². The minimum atomic E-state index is -2.35. The Morgan fingerprint density at radius 3 is 2.49 bits per heavy atom. The average molecular weight is 589 g/mol. The lowest BCUT2D eigenvalue weighted by molar-refractivity contribution is -0.198. The van der Waals surface area contributed by atoms with Gasteiger partial charge in [-0.2, -0.15) is 0 Å². The molecule has 13 nitrogen and oxygen atoms in total. The highest BCUT2D eigenvalue weighted by Crippen LogP contribution is 2.40. The Labute approximate surface area is 239 Å². The summed E-state index contributed by atoms with van der Waals surface area (Å²) in [6, 6.07) is 9.93. The quantitative estimate of drug-likeness (QED) is 0.0839. The third-order valence-electron chi connectivity index (χ3n) is 6.63. The summed E-state index contributed by atoms with van der Waals surface area (Å²) in [4.78, 5) is 34.9. The Kier molecular flexibility index (Phi) is 9.13. The van der Waals surface area contributed by atoms with E-state index in [4.69, 9.17) is 37.0 Å². The number of fused-ring (bicyclic) bond motifs is 1. The number of imidazole rings is 1. The molecule has 1 aliphatic heterocycles. The van der Waals surface area contributed by atoms with Crippen LogP contribution in [0.3, 0.4) is 0 Å². The molecule has 4 atom stereocenters. The summed E-state index contributed by atoms with van der Waals surface area (Å²) in [5.74, 6) is 0.126. The zero-order valence-electron chi connectivity index (χ0n) is 22.2. The number of hydrogen-bond donors (Lipinski definition) is 4. The van der Waals surface area contributed by atoms with Crippen molar-refractivity contribution >= 4 is 40.4 Å². The highest BCUT2D eigenvalue weighted by Gasteiger charge is 2.58. The van der Waals surface area contributed by atoms with E-state index in [1.807, 2.05) is 5.48 Å². The van der Waals surface area contributed by atoms with Crippen LogP contribution in [0.4, 0.5) is 5.69 Å². The number of nitrogens with zero attached hydrogens (tertiary/aromatic N) is 3. The number of carbonyl (C=O) groups is 2. The maximum absolute atomic E-state index is 13.3. The number of aromatic nitrogens is 3. The molecule has 14 heteroatoms. The van der Waals surface area contributed by atoms with Crippen LogP contribution in [-0.4, -0.2) is 85.1 Å². The van der Waals surface area contributed by atoms with Crippen molar-refractivity contribution in [2.24, 2.45) is 0 Å². The van der Waals surface area contributed by atoms with Crippen molar-refractivity contribution in [2.75, 3.05) is 25.3 Å². The van der Waals surface area contributed by atoms with Gasteiger partial charge in [0, 0.05) is 12.5 Å². The second-order valence-corrected chi connectivity index (χ2v) is 9.49. The molecule has 3 aromatic rings. The summed E-state index contributed by atoms with van der Waals surface area (Å²) >= 11 is 6.07. The lowest BCUT2D eigenvalue weighted by atomic mass is 9.91. The maximum Gasteiger partial charge on any atom is 0.350 e. The minimum Gasteiger partial charge on any atom is -0.463 e. The van der Waals surface area contributed by atoms with Gasteiger partial charge in [-0.05, 0) is 19.4 Å². The number of anilines is 1. The van der Waals surface area contributed by atoms with Crippen LogP contribution in [0.15, 0.2) is 42.7 Å². The molecule has 1 aromatic carbocycles. The smallest absolute Gasteiger partial charge is 0.350 e. The van der Waals surface area contributed by atoms with Gasteiger partial charge in [0.05, 0.1) is 31.8 Å². The summed E-state index contributed by atoms with van der Waals surface area (Å²) in [6.45, 7) is 2.40. The number of pyridine rings is 1. The molecule has 0 aliphatic carbocycles. The topological polar surface area (TPSA) is 174 Å². The molecule has 1 aliphatic rings. The molecular formula is C27H29ClN4O9. The molecule has 4 N–H and O–H groups in total. The molecule has 0 saturated carbocycles. The number of nitrogens with one attached hydrogen (secondary N) is 1. The number of terminal acetylenes is 1. The zero-order valence-corrected chi connectivity index (χ0v) is 22.9. The van der Waals surface area contributed by atoms with Gasteiger partial charge in [0.1, 0.15) is 22.9 Å². The van der Waals surface area contributed by atoms with Gasteiger partial charge >= 0.3 is 11.9 Å². The number of esters is 2. The monoisotopic (exact) mass is 588 g/mol. The highest BCUT2D eigenvalue weighted by atomic mass is 35.5. The van der Waals surface area contributed by atoms with Crippen molar-refractivity contribution in [1.29, 1.82) is 0 Å². The number of rotatable bonds is 11. The first kappa shape index (κ1) is 30.2. The molecule has 0 bridgehead atoms. The molecule has 1 saturated heterocycles. The zero-order chi connectivity index (χ0) is 29.8. The Bertz CT molecular complexity index is 1430. The van der Waals surface area contributed by atoms with Crippen molar-refractivity contribution in [1.82, 2.24) is 14.5 Å². The summed E-state index contributed by atoms with van der Waals surface area (Å²) in [6.07, 6.45) is 2.06. The van der Waals surface area contributed by atoms with E-state index in [9.17, 15) is 25.0 Å². The fourth-order valence-electron chi connectivity index (χ4n) is 4.56. The molecule has 0 radical (unpaired) electrons. The summed E-state index contributed by atoms with van der Waals surface area (Å²) in [7, 11) is 0. The highest BCUT2D eigenvalue weighted by molar-refractivity contribution is 6.30. The van der Waals surface area contributed by atoms with Crippen LogP contribution in [0.2, 0.25) is 5.15 Å². The fourth-order valence-corrected chi connectivity index (χ4v) is 4.75. The summed E-state index contributed by atoms with van der Waals surface area (Å²) in [5.41, 5.74) is -1.69. The number of benzene rings is 1. The summed E-state index contributed by atoms with van der Waals surface area (Å²) in [5, 5.41) is 31.9. The van der Waals surface area contributed by atoms with Gasteiger partial charge in [-0.15, -0.1) is 6.42 Å². The normalized spacial score (nSPS) is 22.3.